The molecule has 0 spiro atoms. The summed E-state index contributed by atoms with van der Waals surface area (Å²) in [6.07, 6.45) is 0. The molecule has 0 saturated carbocycles. The van der Waals surface area contributed by atoms with E-state index in [1.807, 2.05) is 19.0 Å². The lowest BCUT2D eigenvalue weighted by Gasteiger charge is -2.11. The Morgan fingerprint density at radius 3 is 2.35 bits per heavy atom. The van der Waals surface area contributed by atoms with Crippen molar-refractivity contribution in [3.8, 4) is 5.75 Å². The lowest BCUT2D eigenvalue weighted by molar-refractivity contribution is 0.261. The third-order valence-electron chi connectivity index (χ3n) is 1.92. The van der Waals surface area contributed by atoms with Crippen molar-refractivity contribution in [2.75, 3.05) is 32.0 Å². The molecule has 0 aliphatic heterocycles. The van der Waals surface area contributed by atoms with Crippen LogP contribution < -0.4 is 14.6 Å². The summed E-state index contributed by atoms with van der Waals surface area (Å²) in [5.74, 6) is 0.687. The zero-order chi connectivity index (χ0) is 12.9. The first-order chi connectivity index (χ1) is 7.87. The van der Waals surface area contributed by atoms with Gasteiger partial charge in [0.15, 0.2) is 0 Å². The number of nitrogens with two attached hydrogens (primary N) is 1. The molecule has 96 valence electrons. The summed E-state index contributed by atoms with van der Waals surface area (Å²) < 4.78 is 29.1. The Balaban J connectivity index is 2.50. The second kappa shape index (κ2) is 5.85. The summed E-state index contributed by atoms with van der Waals surface area (Å²) in [4.78, 5) is 2.01. The smallest absolute Gasteiger partial charge is 0.296 e. The highest BCUT2D eigenvalue weighted by atomic mass is 32.2. The Morgan fingerprint density at radius 2 is 1.88 bits per heavy atom. The molecule has 1 aromatic carbocycles. The van der Waals surface area contributed by atoms with Crippen LogP contribution in [0.4, 0.5) is 5.69 Å². The first-order valence-corrected chi connectivity index (χ1v) is 6.59. The zero-order valence-corrected chi connectivity index (χ0v) is 10.7. The summed E-state index contributed by atoms with van der Waals surface area (Å²) in [6.45, 7) is 1.39. The molecule has 1 aromatic rings. The van der Waals surface area contributed by atoms with Gasteiger partial charge in [0.2, 0.25) is 0 Å². The topological polar surface area (TPSA) is 84.7 Å². The van der Waals surface area contributed by atoms with Crippen molar-refractivity contribution in [3.05, 3.63) is 24.3 Å². The summed E-state index contributed by atoms with van der Waals surface area (Å²) in [5.41, 5.74) is 0.410. The lowest BCUT2D eigenvalue weighted by atomic mass is 10.3. The van der Waals surface area contributed by atoms with Crippen LogP contribution in [0.5, 0.6) is 5.75 Å². The number of hydrogen-bond acceptors (Lipinski definition) is 4. The van der Waals surface area contributed by atoms with Crippen LogP contribution in [-0.2, 0) is 10.2 Å². The maximum Gasteiger partial charge on any atom is 0.296 e. The van der Waals surface area contributed by atoms with Crippen LogP contribution in [0.15, 0.2) is 24.3 Å². The third kappa shape index (κ3) is 6.10. The Bertz CT molecular complexity index is 442. The molecule has 0 saturated heterocycles. The fourth-order valence-corrected chi connectivity index (χ4v) is 1.59. The van der Waals surface area contributed by atoms with Gasteiger partial charge in [0, 0.05) is 12.2 Å². The van der Waals surface area contributed by atoms with Crippen LogP contribution in [0, 0.1) is 0 Å². The Morgan fingerprint density at radius 1 is 1.29 bits per heavy atom. The van der Waals surface area contributed by atoms with Gasteiger partial charge in [-0.3, -0.25) is 4.72 Å². The highest BCUT2D eigenvalue weighted by Crippen LogP contribution is 2.15. The molecule has 0 atom stereocenters. The fraction of sp³-hybridized carbons (Fsp3) is 0.400. The van der Waals surface area contributed by atoms with Crippen molar-refractivity contribution in [1.82, 2.24) is 4.90 Å². The van der Waals surface area contributed by atoms with E-state index in [4.69, 9.17) is 9.88 Å². The molecule has 3 N–H and O–H groups in total. The van der Waals surface area contributed by atoms with Crippen molar-refractivity contribution in [2.24, 2.45) is 5.14 Å². The zero-order valence-electron chi connectivity index (χ0n) is 9.88. The summed E-state index contributed by atoms with van der Waals surface area (Å²) in [6, 6.07) is 6.55. The Hall–Kier alpha value is -1.31. The second-order valence-electron chi connectivity index (χ2n) is 3.82. The molecule has 6 nitrogen and oxygen atoms in total. The van der Waals surface area contributed by atoms with Gasteiger partial charge in [-0.1, -0.05) is 0 Å². The highest BCUT2D eigenvalue weighted by molar-refractivity contribution is 7.90. The predicted molar refractivity (Wildman–Crippen MR) is 67.2 cm³/mol. The van der Waals surface area contributed by atoms with E-state index >= 15 is 0 Å². The second-order valence-corrected chi connectivity index (χ2v) is 5.12. The van der Waals surface area contributed by atoms with Gasteiger partial charge in [0.05, 0.1) is 0 Å². The van der Waals surface area contributed by atoms with Gasteiger partial charge in [0.25, 0.3) is 10.2 Å². The molecule has 0 aliphatic carbocycles. The van der Waals surface area contributed by atoms with Crippen molar-refractivity contribution < 1.29 is 13.2 Å². The van der Waals surface area contributed by atoms with Crippen LogP contribution in [0.2, 0.25) is 0 Å². The SMILES string of the molecule is CN(C)CCOc1ccc(NS(N)(=O)=O)cc1. The lowest BCUT2D eigenvalue weighted by Crippen LogP contribution is -2.21. The monoisotopic (exact) mass is 259 g/mol. The largest absolute Gasteiger partial charge is 0.492 e. The summed E-state index contributed by atoms with van der Waals surface area (Å²) >= 11 is 0. The summed E-state index contributed by atoms with van der Waals surface area (Å²) in [7, 11) is 0.206. The molecule has 0 aromatic heterocycles. The van der Waals surface area contributed by atoms with E-state index in [0.717, 1.165) is 6.54 Å². The van der Waals surface area contributed by atoms with E-state index in [1.54, 1.807) is 24.3 Å². The van der Waals surface area contributed by atoms with Crippen LogP contribution in [0.3, 0.4) is 0 Å². The first-order valence-electron chi connectivity index (χ1n) is 5.05. The Labute approximate surface area is 102 Å². The normalized spacial score (nSPS) is 11.5. The average Bonchev–Trinajstić information content (AvgIpc) is 2.18. The fourth-order valence-electron chi connectivity index (χ4n) is 1.13. The highest BCUT2D eigenvalue weighted by Gasteiger charge is 2.02. The minimum absolute atomic E-state index is 0.410. The molecular formula is C10H17N3O3S. The third-order valence-corrected chi connectivity index (χ3v) is 2.44. The number of nitrogens with zero attached hydrogens (tertiary/aromatic N) is 1. The van der Waals surface area contributed by atoms with Crippen molar-refractivity contribution in [3.63, 3.8) is 0 Å². The standard InChI is InChI=1S/C10H17N3O3S/c1-13(2)7-8-16-10-5-3-9(4-6-10)12-17(11,14)15/h3-6,12H,7-8H2,1-2H3,(H2,11,14,15). The number of anilines is 1. The molecule has 0 heterocycles. The molecule has 0 fully saturated rings. The van der Waals surface area contributed by atoms with Gasteiger partial charge in [-0.05, 0) is 38.4 Å². The van der Waals surface area contributed by atoms with E-state index in [0.29, 0.717) is 18.0 Å². The molecule has 0 amide bonds. The molecule has 17 heavy (non-hydrogen) atoms. The van der Waals surface area contributed by atoms with Crippen LogP contribution in [0.25, 0.3) is 0 Å². The minimum atomic E-state index is -3.72. The van der Waals surface area contributed by atoms with E-state index in [1.165, 1.54) is 0 Å². The van der Waals surface area contributed by atoms with Gasteiger partial charge >= 0.3 is 0 Å². The van der Waals surface area contributed by atoms with Gasteiger partial charge in [-0.15, -0.1) is 0 Å². The van der Waals surface area contributed by atoms with Gasteiger partial charge in [0.1, 0.15) is 12.4 Å². The quantitative estimate of drug-likeness (QED) is 0.766. The van der Waals surface area contributed by atoms with Crippen LogP contribution >= 0.6 is 0 Å². The molecule has 1 rings (SSSR count). The van der Waals surface area contributed by atoms with E-state index in [9.17, 15) is 8.42 Å². The maximum absolute atomic E-state index is 10.8. The number of benzene rings is 1. The number of nitrogens with one attached hydrogen (secondary N) is 1. The van der Waals surface area contributed by atoms with Crippen LogP contribution in [-0.4, -0.2) is 40.6 Å². The molecule has 0 radical (unpaired) electrons. The van der Waals surface area contributed by atoms with Crippen LogP contribution in [0.1, 0.15) is 0 Å². The molecule has 0 aliphatic rings. The molecular weight excluding hydrogens is 242 g/mol. The van der Waals surface area contributed by atoms with E-state index in [2.05, 4.69) is 4.72 Å². The van der Waals surface area contributed by atoms with E-state index in [-0.39, 0.29) is 0 Å². The van der Waals surface area contributed by atoms with Crippen molar-refractivity contribution >= 4 is 15.9 Å². The van der Waals surface area contributed by atoms with Gasteiger partial charge < -0.3 is 9.64 Å². The van der Waals surface area contributed by atoms with Crippen molar-refractivity contribution in [2.45, 2.75) is 0 Å². The molecule has 0 unspecified atom stereocenters. The van der Waals surface area contributed by atoms with Crippen molar-refractivity contribution in [1.29, 1.82) is 0 Å². The van der Waals surface area contributed by atoms with E-state index < -0.39 is 10.2 Å². The van der Waals surface area contributed by atoms with Gasteiger partial charge in [-0.25, -0.2) is 5.14 Å². The first kappa shape index (κ1) is 13.8. The number of hydrogen-bond donors (Lipinski definition) is 2. The number of ether oxygens (including phenoxy) is 1. The maximum atomic E-state index is 10.8. The Kier molecular flexibility index (Phi) is 4.73. The summed E-state index contributed by atoms with van der Waals surface area (Å²) in [5, 5.41) is 4.84. The average molecular weight is 259 g/mol. The molecule has 7 heteroatoms. The van der Waals surface area contributed by atoms with Gasteiger partial charge in [-0.2, -0.15) is 8.42 Å². The predicted octanol–water partition coefficient (Wildman–Crippen LogP) is 0.242. The molecule has 0 bridgehead atoms. The number of rotatable bonds is 6. The minimum Gasteiger partial charge on any atom is -0.492 e. The number of likely N-dealkylation sites (N-methyl/N-ethyl adjacent to an activating group) is 1.